The third-order valence-electron chi connectivity index (χ3n) is 6.83. The van der Waals surface area contributed by atoms with E-state index in [0.717, 1.165) is 30.0 Å². The maximum atomic E-state index is 14.6. The monoisotopic (exact) mass is 581 g/mol. The zero-order chi connectivity index (χ0) is 31.1. The molecule has 0 atom stereocenters. The maximum Gasteiger partial charge on any atom is 0.232 e. The first-order valence-corrected chi connectivity index (χ1v) is 13.8. The number of carbonyl (C=O) groups is 1. The first kappa shape index (κ1) is 32.2. The fourth-order valence-corrected chi connectivity index (χ4v) is 4.60. The van der Waals surface area contributed by atoms with E-state index in [1.807, 2.05) is 58.0 Å². The Hall–Kier alpha value is -4.27. The minimum atomic E-state index is -1.96. The molecule has 0 aliphatic carbocycles. The highest BCUT2D eigenvalue weighted by atomic mass is 19.2. The van der Waals surface area contributed by atoms with Crippen LogP contribution in [0.5, 0.6) is 5.75 Å². The van der Waals surface area contributed by atoms with Gasteiger partial charge in [0.25, 0.3) is 0 Å². The van der Waals surface area contributed by atoms with Gasteiger partial charge < -0.3 is 5.11 Å². The molecule has 4 aromatic rings. The number of likely N-dealkylation sites (N-methyl/N-ethyl adjacent to an activating group) is 1. The lowest BCUT2D eigenvalue weighted by atomic mass is 10.0. The van der Waals surface area contributed by atoms with Crippen LogP contribution in [0.25, 0.3) is 11.3 Å². The summed E-state index contributed by atoms with van der Waals surface area (Å²) in [6.45, 7) is 8.92. The highest BCUT2D eigenvalue weighted by molar-refractivity contribution is 5.94. The number of carbonyl (C=O) groups excluding carboxylic acids is 1. The molecule has 1 N–H and O–H groups in total. The number of hydrogen-bond acceptors (Lipinski definition) is 4. The number of phenolic OH excluding ortho intramolecular Hbond substituents is 1. The number of aromatic nitrogens is 2. The van der Waals surface area contributed by atoms with E-state index in [1.165, 1.54) is 11.9 Å². The Morgan fingerprint density at radius 2 is 1.52 bits per heavy atom. The molecular formula is C33H35F4N3O2. The van der Waals surface area contributed by atoms with Crippen LogP contribution >= 0.6 is 0 Å². The number of halogens is 4. The van der Waals surface area contributed by atoms with Crippen molar-refractivity contribution in [2.45, 2.75) is 60.3 Å². The third-order valence-corrected chi connectivity index (χ3v) is 6.83. The summed E-state index contributed by atoms with van der Waals surface area (Å²) in [6, 6.07) is 14.4. The van der Waals surface area contributed by atoms with Crippen LogP contribution in [0, 0.1) is 37.1 Å². The van der Waals surface area contributed by atoms with Crippen LogP contribution in [0.3, 0.4) is 0 Å². The maximum absolute atomic E-state index is 14.6. The topological polar surface area (TPSA) is 66.3 Å². The van der Waals surface area contributed by atoms with Crippen LogP contribution in [0.4, 0.5) is 23.4 Å². The van der Waals surface area contributed by atoms with Gasteiger partial charge in [0.2, 0.25) is 5.91 Å². The average Bonchev–Trinajstić information content (AvgIpc) is 2.99. The van der Waals surface area contributed by atoms with Crippen LogP contribution in [0.1, 0.15) is 60.8 Å². The normalized spacial score (nSPS) is 10.7. The number of aromatic hydroxyl groups is 1. The molecule has 0 aliphatic heterocycles. The van der Waals surface area contributed by atoms with Gasteiger partial charge >= 0.3 is 0 Å². The zero-order valence-electron chi connectivity index (χ0n) is 24.7. The lowest BCUT2D eigenvalue weighted by Crippen LogP contribution is -2.31. The van der Waals surface area contributed by atoms with Crippen molar-refractivity contribution in [2.24, 2.45) is 0 Å². The van der Waals surface area contributed by atoms with E-state index in [4.69, 9.17) is 9.97 Å². The number of aryl methyl sites for hydroxylation is 2. The summed E-state index contributed by atoms with van der Waals surface area (Å²) >= 11 is 0. The van der Waals surface area contributed by atoms with Gasteiger partial charge in [-0.25, -0.2) is 27.5 Å². The number of nitrogens with zero attached hydrogens (tertiary/aromatic N) is 3. The summed E-state index contributed by atoms with van der Waals surface area (Å²) in [5.41, 5.74) is 3.12. The number of anilines is 1. The van der Waals surface area contributed by atoms with Crippen LogP contribution in [0.2, 0.25) is 0 Å². The van der Waals surface area contributed by atoms with Gasteiger partial charge in [0, 0.05) is 24.6 Å². The second-order valence-corrected chi connectivity index (χ2v) is 9.69. The first-order chi connectivity index (χ1) is 20.0. The summed E-state index contributed by atoms with van der Waals surface area (Å²) in [7, 11) is 1.44. The molecule has 9 heteroatoms. The van der Waals surface area contributed by atoms with Gasteiger partial charge in [0.15, 0.2) is 29.1 Å². The van der Waals surface area contributed by atoms with E-state index in [2.05, 4.69) is 0 Å². The van der Waals surface area contributed by atoms with E-state index in [-0.39, 0.29) is 11.6 Å². The summed E-state index contributed by atoms with van der Waals surface area (Å²) in [5.74, 6) is -7.37. The van der Waals surface area contributed by atoms with Crippen molar-refractivity contribution in [3.8, 4) is 17.0 Å². The van der Waals surface area contributed by atoms with Crippen LogP contribution in [0.15, 0.2) is 48.5 Å². The van der Waals surface area contributed by atoms with E-state index < -0.39 is 46.7 Å². The number of hydrogen-bond donors (Lipinski definition) is 1. The number of phenols is 1. The third kappa shape index (κ3) is 6.78. The smallest absolute Gasteiger partial charge is 0.232 e. The summed E-state index contributed by atoms with van der Waals surface area (Å²) < 4.78 is 56.4. The van der Waals surface area contributed by atoms with E-state index in [1.54, 1.807) is 18.2 Å². The minimum Gasteiger partial charge on any atom is -0.508 e. The van der Waals surface area contributed by atoms with Crippen molar-refractivity contribution < 1.29 is 27.5 Å². The standard InChI is InChI=1S/C31H29F4N3O2.C2H6/c1-5-9-23-30(21-13-12-20(39)14-17(21)2)36-24(15-19-10-7-6-8-11-19)31(37-23)38(4)25(40)16-22-18(3)26(32)28(34)29(35)27(22)33;1-2/h6-8,10-14,39H,5,9,15-16H2,1-4H3;1-2H3. The molecule has 0 bridgehead atoms. The fourth-order valence-electron chi connectivity index (χ4n) is 4.60. The molecule has 0 spiro atoms. The van der Waals surface area contributed by atoms with Gasteiger partial charge in [-0.3, -0.25) is 9.69 Å². The molecule has 1 aromatic heterocycles. The van der Waals surface area contributed by atoms with Crippen LogP contribution < -0.4 is 4.90 Å². The second kappa shape index (κ2) is 14.1. The molecule has 1 amide bonds. The molecule has 5 nitrogen and oxygen atoms in total. The van der Waals surface area contributed by atoms with Crippen molar-refractivity contribution in [2.75, 3.05) is 11.9 Å². The fraction of sp³-hybridized carbons (Fsp3) is 0.303. The van der Waals surface area contributed by atoms with Crippen molar-refractivity contribution in [3.05, 3.63) is 105 Å². The highest BCUT2D eigenvalue weighted by Crippen LogP contribution is 2.32. The Morgan fingerprint density at radius 3 is 2.14 bits per heavy atom. The minimum absolute atomic E-state index is 0.119. The molecule has 0 unspecified atom stereocenters. The first-order valence-electron chi connectivity index (χ1n) is 13.8. The van der Waals surface area contributed by atoms with Gasteiger partial charge in [-0.2, -0.15) is 0 Å². The van der Waals surface area contributed by atoms with Crippen molar-refractivity contribution in [1.29, 1.82) is 0 Å². The molecule has 0 radical (unpaired) electrons. The summed E-state index contributed by atoms with van der Waals surface area (Å²) in [6.07, 6.45) is 0.860. The van der Waals surface area contributed by atoms with Crippen LogP contribution in [-0.2, 0) is 24.1 Å². The van der Waals surface area contributed by atoms with Crippen molar-refractivity contribution in [1.82, 2.24) is 9.97 Å². The average molecular weight is 582 g/mol. The van der Waals surface area contributed by atoms with Gasteiger partial charge in [-0.05, 0) is 55.2 Å². The molecule has 3 aromatic carbocycles. The van der Waals surface area contributed by atoms with Crippen molar-refractivity contribution in [3.63, 3.8) is 0 Å². The Morgan fingerprint density at radius 1 is 0.881 bits per heavy atom. The molecule has 0 fully saturated rings. The largest absolute Gasteiger partial charge is 0.508 e. The quantitative estimate of drug-likeness (QED) is 0.131. The molecule has 222 valence electrons. The molecule has 0 aliphatic rings. The van der Waals surface area contributed by atoms with E-state index >= 15 is 0 Å². The summed E-state index contributed by atoms with van der Waals surface area (Å²) in [5, 5.41) is 9.92. The Kier molecular flexibility index (Phi) is 10.8. The van der Waals surface area contributed by atoms with E-state index in [9.17, 15) is 27.5 Å². The number of benzene rings is 3. The second-order valence-electron chi connectivity index (χ2n) is 9.69. The number of rotatable bonds is 8. The molecule has 1 heterocycles. The predicted molar refractivity (Wildman–Crippen MR) is 157 cm³/mol. The molecular weight excluding hydrogens is 546 g/mol. The van der Waals surface area contributed by atoms with Gasteiger partial charge in [0.1, 0.15) is 5.75 Å². The zero-order valence-corrected chi connectivity index (χ0v) is 24.7. The molecule has 42 heavy (non-hydrogen) atoms. The lowest BCUT2D eigenvalue weighted by molar-refractivity contribution is -0.117. The Bertz CT molecular complexity index is 1550. The Balaban J connectivity index is 0.00000237. The van der Waals surface area contributed by atoms with Gasteiger partial charge in [0.05, 0.1) is 23.5 Å². The van der Waals surface area contributed by atoms with Crippen LogP contribution in [-0.4, -0.2) is 28.0 Å². The molecule has 0 saturated carbocycles. The lowest BCUT2D eigenvalue weighted by Gasteiger charge is -2.23. The SMILES string of the molecule is CC.CCCc1nc(N(C)C(=O)Cc2c(C)c(F)c(F)c(F)c2F)c(Cc2ccccc2)nc1-c1ccc(O)cc1C. The Labute approximate surface area is 243 Å². The predicted octanol–water partition coefficient (Wildman–Crippen LogP) is 7.80. The van der Waals surface area contributed by atoms with Crippen molar-refractivity contribution >= 4 is 11.7 Å². The molecule has 4 rings (SSSR count). The summed E-state index contributed by atoms with van der Waals surface area (Å²) in [4.78, 5) is 24.3. The highest BCUT2D eigenvalue weighted by Gasteiger charge is 2.27. The van der Waals surface area contributed by atoms with E-state index in [0.29, 0.717) is 29.9 Å². The van der Waals surface area contributed by atoms with Gasteiger partial charge in [-0.1, -0.05) is 57.5 Å². The number of amides is 1. The van der Waals surface area contributed by atoms with Gasteiger partial charge in [-0.15, -0.1) is 0 Å². The molecule has 0 saturated heterocycles.